The number of nitrogens with zero attached hydrogens (tertiary/aromatic N) is 2. The van der Waals surface area contributed by atoms with Gasteiger partial charge in [0.15, 0.2) is 0 Å². The van der Waals surface area contributed by atoms with Gasteiger partial charge in [-0.3, -0.25) is 9.69 Å². The molecule has 4 heterocycles. The molecule has 6 rings (SSSR count). The smallest absolute Gasteiger partial charge is 0.331 e. The summed E-state index contributed by atoms with van der Waals surface area (Å²) in [5, 5.41) is 16.9. The Hall–Kier alpha value is -3.99. The lowest BCUT2D eigenvalue weighted by Gasteiger charge is -2.29. The first-order chi connectivity index (χ1) is 19.5. The molecule has 3 amide bonds. The molecule has 0 radical (unpaired) electrons. The first-order valence-electron chi connectivity index (χ1n) is 13.2. The Morgan fingerprint density at radius 1 is 1.07 bits per heavy atom. The molecule has 10 heteroatoms. The van der Waals surface area contributed by atoms with E-state index in [2.05, 4.69) is 20.9 Å². The number of rotatable bonds is 5. The summed E-state index contributed by atoms with van der Waals surface area (Å²) in [6, 6.07) is 17.5. The van der Waals surface area contributed by atoms with Crippen LogP contribution in [-0.2, 0) is 4.79 Å². The zero-order chi connectivity index (χ0) is 29.1. The highest BCUT2D eigenvalue weighted by atomic mass is 32.1. The lowest BCUT2D eigenvalue weighted by atomic mass is 10.1. The van der Waals surface area contributed by atoms with Gasteiger partial charge in [0.1, 0.15) is 16.3 Å². The van der Waals surface area contributed by atoms with Crippen molar-refractivity contribution in [3.05, 3.63) is 71.2 Å². The van der Waals surface area contributed by atoms with Gasteiger partial charge in [-0.05, 0) is 68.8 Å². The van der Waals surface area contributed by atoms with Gasteiger partial charge in [-0.2, -0.15) is 0 Å². The van der Waals surface area contributed by atoms with Crippen LogP contribution >= 0.6 is 11.3 Å². The predicted octanol–water partition coefficient (Wildman–Crippen LogP) is 6.12. The van der Waals surface area contributed by atoms with Gasteiger partial charge >= 0.3 is 6.03 Å². The van der Waals surface area contributed by atoms with Crippen molar-refractivity contribution in [3.63, 3.8) is 0 Å². The first-order valence-corrected chi connectivity index (χ1v) is 14.0. The number of para-hydroxylation sites is 1. The van der Waals surface area contributed by atoms with E-state index in [0.717, 1.165) is 82.2 Å². The zero-order valence-electron chi connectivity index (χ0n) is 23.5. The fraction of sp³-hybridized carbons (Fsp3) is 0.300. The number of ether oxygens (including phenoxy) is 1. The quantitative estimate of drug-likeness (QED) is 0.218. The number of aliphatic hydroxyl groups excluding tert-OH is 1. The average Bonchev–Trinajstić information content (AvgIpc) is 3.61. The number of hydrogen-bond acceptors (Lipinski definition) is 7. The van der Waals surface area contributed by atoms with Gasteiger partial charge in [0.25, 0.3) is 0 Å². The third-order valence-electron chi connectivity index (χ3n) is 6.17. The Balaban J connectivity index is 0.000000312. The Morgan fingerprint density at radius 2 is 1.82 bits per heavy atom. The number of pyridine rings is 1. The molecule has 2 aromatic carbocycles. The zero-order valence-corrected chi connectivity index (χ0v) is 24.3. The van der Waals surface area contributed by atoms with Crippen molar-refractivity contribution in [2.75, 3.05) is 30.4 Å². The maximum absolute atomic E-state index is 12.9. The second-order valence-corrected chi connectivity index (χ2v) is 9.85. The number of thiophene rings is 1. The Kier molecular flexibility index (Phi) is 11.4. The normalized spacial score (nSPS) is 14.9. The van der Waals surface area contributed by atoms with E-state index in [1.807, 2.05) is 82.3 Å². The number of anilines is 3. The number of amides is 3. The van der Waals surface area contributed by atoms with Gasteiger partial charge in [0, 0.05) is 30.8 Å². The van der Waals surface area contributed by atoms with Crippen molar-refractivity contribution in [2.45, 2.75) is 40.2 Å². The summed E-state index contributed by atoms with van der Waals surface area (Å²) < 4.78 is 5.92. The number of benzene rings is 2. The van der Waals surface area contributed by atoms with E-state index in [9.17, 15) is 9.59 Å². The largest absolute Gasteiger partial charge is 0.457 e. The maximum Gasteiger partial charge on any atom is 0.331 e. The summed E-state index contributed by atoms with van der Waals surface area (Å²) in [5.74, 6) is 1.51. The molecule has 1 saturated heterocycles. The van der Waals surface area contributed by atoms with Gasteiger partial charge < -0.3 is 25.8 Å². The molecule has 212 valence electrons. The van der Waals surface area contributed by atoms with Crippen LogP contribution in [0, 0.1) is 13.8 Å². The number of carbonyl (C=O) groups is 2. The number of aliphatic hydroxyl groups is 1. The van der Waals surface area contributed by atoms with E-state index in [-0.39, 0.29) is 6.03 Å². The third-order valence-corrected chi connectivity index (χ3v) is 7.19. The second-order valence-electron chi connectivity index (χ2n) is 8.65. The molecular weight excluding hydrogens is 526 g/mol. The van der Waals surface area contributed by atoms with Crippen molar-refractivity contribution in [3.8, 4) is 11.5 Å². The molecule has 1 fully saturated rings. The standard InChI is InChI=1S/C22H17N3O2S.C5H10N2O.C2H6.CH4O/c1-13-12-16(27-15-6-4-3-5-7-15)8-9-17(13)25-18-10-11-23-21-19(18)20(14(2)28-21)24-22(25)26;8-4-7-5-1-2-6-3-5;2*1-2/h3-12H,1-2H3,(H,24,26);4-6H,1-3H2,(H,7,8);1-2H3;2H,1H3. The minimum Gasteiger partial charge on any atom is -0.457 e. The first kappa shape index (κ1) is 30.6. The molecular formula is C30H37N5O4S. The summed E-state index contributed by atoms with van der Waals surface area (Å²) in [6.07, 6.45) is 3.58. The fourth-order valence-corrected chi connectivity index (χ4v) is 5.39. The van der Waals surface area contributed by atoms with Crippen molar-refractivity contribution < 1.29 is 19.4 Å². The topological polar surface area (TPSA) is 116 Å². The molecule has 9 nitrogen and oxygen atoms in total. The highest BCUT2D eigenvalue weighted by Crippen LogP contribution is 2.46. The van der Waals surface area contributed by atoms with Gasteiger partial charge in [-0.15, -0.1) is 11.3 Å². The number of aryl methyl sites for hydroxylation is 2. The van der Waals surface area contributed by atoms with Crippen LogP contribution in [-0.4, -0.2) is 48.8 Å². The fourth-order valence-electron chi connectivity index (χ4n) is 4.43. The number of urea groups is 1. The summed E-state index contributed by atoms with van der Waals surface area (Å²) >= 11 is 1.59. The SMILES string of the molecule is CC.CO.Cc1cc(Oc2ccccc2)ccc1N1C(=O)Nc2c(C)sc3nccc1c23.O=CNC1CCNC1. The van der Waals surface area contributed by atoms with E-state index in [1.54, 1.807) is 22.4 Å². The van der Waals surface area contributed by atoms with Crippen molar-refractivity contribution in [1.29, 1.82) is 0 Å². The van der Waals surface area contributed by atoms with Crippen molar-refractivity contribution >= 4 is 51.1 Å². The van der Waals surface area contributed by atoms with Gasteiger partial charge in [0.05, 0.1) is 22.4 Å². The van der Waals surface area contributed by atoms with Crippen LogP contribution in [0.2, 0.25) is 0 Å². The predicted molar refractivity (Wildman–Crippen MR) is 163 cm³/mol. The third kappa shape index (κ3) is 6.95. The minimum atomic E-state index is -0.165. The molecule has 2 aliphatic rings. The minimum absolute atomic E-state index is 0.165. The highest BCUT2D eigenvalue weighted by molar-refractivity contribution is 7.19. The molecule has 4 N–H and O–H groups in total. The summed E-state index contributed by atoms with van der Waals surface area (Å²) in [6.45, 7) is 9.94. The van der Waals surface area contributed by atoms with E-state index in [4.69, 9.17) is 9.84 Å². The van der Waals surface area contributed by atoms with Crippen LogP contribution in [0.1, 0.15) is 30.7 Å². The molecule has 0 saturated carbocycles. The van der Waals surface area contributed by atoms with Gasteiger partial charge in [0.2, 0.25) is 6.41 Å². The van der Waals surface area contributed by atoms with E-state index in [1.165, 1.54) is 0 Å². The van der Waals surface area contributed by atoms with Crippen molar-refractivity contribution in [2.24, 2.45) is 0 Å². The Morgan fingerprint density at radius 3 is 2.48 bits per heavy atom. The molecule has 2 aromatic heterocycles. The van der Waals surface area contributed by atoms with Crippen LogP contribution in [0.5, 0.6) is 11.5 Å². The van der Waals surface area contributed by atoms with Gasteiger partial charge in [-0.25, -0.2) is 9.78 Å². The molecule has 0 bridgehead atoms. The highest BCUT2D eigenvalue weighted by Gasteiger charge is 2.30. The van der Waals surface area contributed by atoms with E-state index in [0.29, 0.717) is 6.04 Å². The average molecular weight is 564 g/mol. The monoisotopic (exact) mass is 563 g/mol. The summed E-state index contributed by atoms with van der Waals surface area (Å²) in [5.41, 5.74) is 3.49. The van der Waals surface area contributed by atoms with E-state index < -0.39 is 0 Å². The maximum atomic E-state index is 12.9. The van der Waals surface area contributed by atoms with Crippen LogP contribution in [0.3, 0.4) is 0 Å². The van der Waals surface area contributed by atoms with Crippen LogP contribution in [0.4, 0.5) is 21.9 Å². The number of nitrogens with one attached hydrogen (secondary N) is 3. The molecule has 0 spiro atoms. The van der Waals surface area contributed by atoms with Crippen LogP contribution in [0.15, 0.2) is 60.8 Å². The summed E-state index contributed by atoms with van der Waals surface area (Å²) in [7, 11) is 1.00. The molecule has 1 atom stereocenters. The van der Waals surface area contributed by atoms with Gasteiger partial charge in [-0.1, -0.05) is 32.0 Å². The number of aromatic nitrogens is 1. The van der Waals surface area contributed by atoms with Crippen LogP contribution < -0.4 is 25.6 Å². The molecule has 0 aliphatic carbocycles. The second kappa shape index (κ2) is 15.0. The molecule has 2 aliphatic heterocycles. The Labute approximate surface area is 239 Å². The summed E-state index contributed by atoms with van der Waals surface area (Å²) in [4.78, 5) is 30.9. The Bertz CT molecular complexity index is 1400. The van der Waals surface area contributed by atoms with Crippen molar-refractivity contribution in [1.82, 2.24) is 15.6 Å². The number of hydrogen-bond donors (Lipinski definition) is 4. The van der Waals surface area contributed by atoms with E-state index >= 15 is 0 Å². The number of carbonyl (C=O) groups excluding carboxylic acids is 2. The van der Waals surface area contributed by atoms with Crippen LogP contribution in [0.25, 0.3) is 10.2 Å². The molecule has 1 unspecified atom stereocenters. The molecule has 4 aromatic rings. The lowest BCUT2D eigenvalue weighted by Crippen LogP contribution is -2.34. The lowest BCUT2D eigenvalue weighted by molar-refractivity contribution is -0.110. The molecule has 40 heavy (non-hydrogen) atoms.